The number of H-pyrrole nitrogens is 1. The Morgan fingerprint density at radius 1 is 1.18 bits per heavy atom. The van der Waals surface area contributed by atoms with Crippen molar-refractivity contribution in [1.82, 2.24) is 4.98 Å². The summed E-state index contributed by atoms with van der Waals surface area (Å²) in [4.78, 5) is 4.53. The van der Waals surface area contributed by atoms with Gasteiger partial charge in [0.15, 0.2) is 0 Å². The van der Waals surface area contributed by atoms with Crippen LogP contribution in [0, 0.1) is 11.3 Å². The third kappa shape index (κ3) is 1.88. The molecular formula is C13H7BrN2S. The van der Waals surface area contributed by atoms with Gasteiger partial charge in [-0.05, 0) is 46.3 Å². The van der Waals surface area contributed by atoms with E-state index in [-0.39, 0.29) is 0 Å². The molecule has 0 saturated heterocycles. The van der Waals surface area contributed by atoms with Gasteiger partial charge in [0, 0.05) is 10.9 Å². The number of nitrogens with one attached hydrogen (secondary N) is 1. The molecule has 0 spiro atoms. The van der Waals surface area contributed by atoms with Gasteiger partial charge in [-0.15, -0.1) is 11.3 Å². The molecule has 0 fully saturated rings. The first-order valence-electron chi connectivity index (χ1n) is 5.05. The molecule has 0 bridgehead atoms. The van der Waals surface area contributed by atoms with Crippen LogP contribution >= 0.6 is 27.3 Å². The molecule has 0 unspecified atom stereocenters. The zero-order valence-electron chi connectivity index (χ0n) is 8.70. The lowest BCUT2D eigenvalue weighted by Crippen LogP contribution is -1.73. The lowest BCUT2D eigenvalue weighted by molar-refractivity contribution is 1.46. The van der Waals surface area contributed by atoms with Crippen molar-refractivity contribution in [3.63, 3.8) is 0 Å². The highest BCUT2D eigenvalue weighted by Gasteiger charge is 2.06. The van der Waals surface area contributed by atoms with E-state index >= 15 is 0 Å². The van der Waals surface area contributed by atoms with E-state index in [1.54, 1.807) is 11.3 Å². The molecule has 0 atom stereocenters. The summed E-state index contributed by atoms with van der Waals surface area (Å²) >= 11 is 5.14. The maximum atomic E-state index is 8.86. The Morgan fingerprint density at radius 2 is 2.06 bits per heavy atom. The fourth-order valence-electron chi connectivity index (χ4n) is 1.79. The van der Waals surface area contributed by atoms with E-state index in [1.807, 2.05) is 24.3 Å². The zero-order valence-corrected chi connectivity index (χ0v) is 11.1. The van der Waals surface area contributed by atoms with Crippen LogP contribution in [0.1, 0.15) is 5.56 Å². The minimum Gasteiger partial charge on any atom is -0.354 e. The number of hydrogen-bond acceptors (Lipinski definition) is 2. The van der Waals surface area contributed by atoms with Crippen LogP contribution in [0.4, 0.5) is 0 Å². The van der Waals surface area contributed by atoms with E-state index in [0.29, 0.717) is 5.56 Å². The molecule has 2 aromatic heterocycles. The highest BCUT2D eigenvalue weighted by molar-refractivity contribution is 9.11. The van der Waals surface area contributed by atoms with Crippen LogP contribution in [0.15, 0.2) is 40.2 Å². The Hall–Kier alpha value is -1.57. The third-order valence-electron chi connectivity index (χ3n) is 2.59. The monoisotopic (exact) mass is 302 g/mol. The molecule has 82 valence electrons. The van der Waals surface area contributed by atoms with Gasteiger partial charge in [-0.2, -0.15) is 5.26 Å². The van der Waals surface area contributed by atoms with Crippen molar-refractivity contribution < 1.29 is 0 Å². The smallest absolute Gasteiger partial charge is 0.0992 e. The third-order valence-corrected chi connectivity index (χ3v) is 4.25. The molecule has 3 rings (SSSR count). The zero-order chi connectivity index (χ0) is 11.8. The highest BCUT2D eigenvalue weighted by atomic mass is 79.9. The predicted octanol–water partition coefficient (Wildman–Crippen LogP) is 4.53. The summed E-state index contributed by atoms with van der Waals surface area (Å²) in [6.07, 6.45) is 0. The fourth-order valence-corrected chi connectivity index (χ4v) is 3.15. The number of aromatic nitrogens is 1. The largest absolute Gasteiger partial charge is 0.354 e. The number of aromatic amines is 1. The van der Waals surface area contributed by atoms with Gasteiger partial charge in [0.2, 0.25) is 0 Å². The average molecular weight is 303 g/mol. The van der Waals surface area contributed by atoms with Crippen molar-refractivity contribution >= 4 is 38.2 Å². The first-order valence-corrected chi connectivity index (χ1v) is 6.66. The van der Waals surface area contributed by atoms with Crippen LogP contribution < -0.4 is 0 Å². The molecule has 2 heterocycles. The summed E-state index contributed by atoms with van der Waals surface area (Å²) in [5, 5.41) is 9.98. The Kier molecular flexibility index (Phi) is 2.50. The quantitative estimate of drug-likeness (QED) is 0.705. The SMILES string of the molecule is N#Cc1ccc2cc(-c3ccc(Br)s3)[nH]c2c1. The van der Waals surface area contributed by atoms with Gasteiger partial charge in [0.25, 0.3) is 0 Å². The van der Waals surface area contributed by atoms with Gasteiger partial charge in [0.05, 0.1) is 26.0 Å². The van der Waals surface area contributed by atoms with E-state index in [0.717, 1.165) is 20.4 Å². The van der Waals surface area contributed by atoms with Crippen molar-refractivity contribution in [3.8, 4) is 16.6 Å². The van der Waals surface area contributed by atoms with Gasteiger partial charge in [0.1, 0.15) is 0 Å². The van der Waals surface area contributed by atoms with E-state index in [2.05, 4.69) is 39.1 Å². The summed E-state index contributed by atoms with van der Waals surface area (Å²) < 4.78 is 1.11. The normalized spacial score (nSPS) is 10.6. The molecule has 4 heteroatoms. The van der Waals surface area contributed by atoms with Crippen molar-refractivity contribution in [3.05, 3.63) is 45.7 Å². The van der Waals surface area contributed by atoms with Gasteiger partial charge in [-0.3, -0.25) is 0 Å². The van der Waals surface area contributed by atoms with Gasteiger partial charge in [-0.25, -0.2) is 0 Å². The summed E-state index contributed by atoms with van der Waals surface area (Å²) in [5.74, 6) is 0. The topological polar surface area (TPSA) is 39.6 Å². The van der Waals surface area contributed by atoms with Gasteiger partial charge in [-0.1, -0.05) is 6.07 Å². The van der Waals surface area contributed by atoms with Crippen molar-refractivity contribution in [1.29, 1.82) is 5.26 Å². The second-order valence-corrected chi connectivity index (χ2v) is 6.16. The number of rotatable bonds is 1. The Bertz CT molecular complexity index is 733. The summed E-state index contributed by atoms with van der Waals surface area (Å²) in [6, 6.07) is 14.0. The van der Waals surface area contributed by atoms with E-state index < -0.39 is 0 Å². The van der Waals surface area contributed by atoms with Crippen LogP contribution in [0.3, 0.4) is 0 Å². The second-order valence-electron chi connectivity index (χ2n) is 3.70. The summed E-state index contributed by atoms with van der Waals surface area (Å²) in [7, 11) is 0. The molecule has 0 amide bonds. The van der Waals surface area contributed by atoms with Gasteiger partial charge < -0.3 is 4.98 Å². The number of halogens is 1. The van der Waals surface area contributed by atoms with Crippen LogP contribution in [0.2, 0.25) is 0 Å². The number of benzene rings is 1. The maximum Gasteiger partial charge on any atom is 0.0992 e. The fraction of sp³-hybridized carbons (Fsp3) is 0. The van der Waals surface area contributed by atoms with Crippen molar-refractivity contribution in [2.24, 2.45) is 0 Å². The average Bonchev–Trinajstić information content (AvgIpc) is 2.93. The molecule has 3 aromatic rings. The number of nitriles is 1. The van der Waals surface area contributed by atoms with E-state index in [1.165, 1.54) is 4.88 Å². The molecule has 0 aliphatic rings. The number of nitrogens with zero attached hydrogens (tertiary/aromatic N) is 1. The Balaban J connectivity index is 2.17. The molecule has 2 nitrogen and oxygen atoms in total. The van der Waals surface area contributed by atoms with Crippen LogP contribution in [0.25, 0.3) is 21.5 Å². The van der Waals surface area contributed by atoms with Crippen molar-refractivity contribution in [2.75, 3.05) is 0 Å². The van der Waals surface area contributed by atoms with Gasteiger partial charge >= 0.3 is 0 Å². The summed E-state index contributed by atoms with van der Waals surface area (Å²) in [5.41, 5.74) is 2.77. The molecular weight excluding hydrogens is 296 g/mol. The molecule has 1 aromatic carbocycles. The number of thiophene rings is 1. The minimum atomic E-state index is 0.679. The van der Waals surface area contributed by atoms with Crippen LogP contribution in [0.5, 0.6) is 0 Å². The number of hydrogen-bond donors (Lipinski definition) is 1. The molecule has 0 aliphatic heterocycles. The minimum absolute atomic E-state index is 0.679. The Labute approximate surface area is 111 Å². The second kappa shape index (κ2) is 4.02. The lowest BCUT2D eigenvalue weighted by Gasteiger charge is -1.90. The first-order chi connectivity index (χ1) is 8.26. The van der Waals surface area contributed by atoms with Crippen molar-refractivity contribution in [2.45, 2.75) is 0 Å². The maximum absolute atomic E-state index is 8.86. The highest BCUT2D eigenvalue weighted by Crippen LogP contribution is 2.32. The number of fused-ring (bicyclic) bond motifs is 1. The lowest BCUT2D eigenvalue weighted by atomic mass is 10.2. The summed E-state index contributed by atoms with van der Waals surface area (Å²) in [6.45, 7) is 0. The molecule has 1 N–H and O–H groups in total. The first kappa shape index (κ1) is 10.6. The van der Waals surface area contributed by atoms with E-state index in [9.17, 15) is 0 Å². The molecule has 17 heavy (non-hydrogen) atoms. The molecule has 0 aliphatic carbocycles. The standard InChI is InChI=1S/C13H7BrN2S/c14-13-4-3-12(17-13)11-6-9-2-1-8(7-15)5-10(9)16-11/h1-6,16H. The molecule has 0 saturated carbocycles. The Morgan fingerprint density at radius 3 is 2.76 bits per heavy atom. The van der Waals surface area contributed by atoms with E-state index in [4.69, 9.17) is 5.26 Å². The predicted molar refractivity (Wildman–Crippen MR) is 74.0 cm³/mol. The molecule has 0 radical (unpaired) electrons. The van der Waals surface area contributed by atoms with Crippen LogP contribution in [-0.4, -0.2) is 4.98 Å². The van der Waals surface area contributed by atoms with Crippen LogP contribution in [-0.2, 0) is 0 Å².